The zero-order valence-electron chi connectivity index (χ0n) is 20.1. The number of anilines is 1. The highest BCUT2D eigenvalue weighted by molar-refractivity contribution is 5.51. The molecule has 0 bridgehead atoms. The van der Waals surface area contributed by atoms with Crippen molar-refractivity contribution in [3.63, 3.8) is 0 Å². The molecule has 1 saturated carbocycles. The van der Waals surface area contributed by atoms with E-state index in [1.54, 1.807) is 0 Å². The van der Waals surface area contributed by atoms with Gasteiger partial charge in [0.1, 0.15) is 5.82 Å². The monoisotopic (exact) mass is 427 g/mol. The standard InChI is InChI=1S/C26H45N5/c1-3-20(4-2)19-28-23-15-12-16-26(23,27)25-29-22-14-9-7-8-13-21(22)24(30-25)31-17-10-5-6-11-18-31/h20,23,28H,3-19,27H2,1-2H3. The number of nitrogens with two attached hydrogens (primary N) is 1. The van der Waals surface area contributed by atoms with Crippen molar-refractivity contribution in [3.8, 4) is 0 Å². The lowest BCUT2D eigenvalue weighted by molar-refractivity contribution is 0.303. The van der Waals surface area contributed by atoms with Crippen LogP contribution in [0.3, 0.4) is 0 Å². The van der Waals surface area contributed by atoms with E-state index in [0.29, 0.717) is 0 Å². The van der Waals surface area contributed by atoms with E-state index in [2.05, 4.69) is 24.1 Å². The van der Waals surface area contributed by atoms with Gasteiger partial charge in [-0.2, -0.15) is 0 Å². The summed E-state index contributed by atoms with van der Waals surface area (Å²) >= 11 is 0. The number of aryl methyl sites for hydroxylation is 1. The van der Waals surface area contributed by atoms with Crippen LogP contribution in [0.25, 0.3) is 0 Å². The van der Waals surface area contributed by atoms with Gasteiger partial charge in [-0.15, -0.1) is 0 Å². The maximum Gasteiger partial charge on any atom is 0.152 e. The lowest BCUT2D eigenvalue weighted by atomic mass is 9.91. The summed E-state index contributed by atoms with van der Waals surface area (Å²) < 4.78 is 0. The third-order valence-corrected chi connectivity index (χ3v) is 8.25. The van der Waals surface area contributed by atoms with Crippen molar-refractivity contribution in [2.75, 3.05) is 24.5 Å². The first-order valence-corrected chi connectivity index (χ1v) is 13.3. The fourth-order valence-corrected chi connectivity index (χ4v) is 5.97. The van der Waals surface area contributed by atoms with Crippen molar-refractivity contribution in [2.24, 2.45) is 11.7 Å². The molecular formula is C26H45N5. The Kier molecular flexibility index (Phi) is 7.86. The largest absolute Gasteiger partial charge is 0.356 e. The molecule has 3 aliphatic rings. The first-order valence-electron chi connectivity index (χ1n) is 13.3. The first-order chi connectivity index (χ1) is 15.2. The molecule has 2 fully saturated rings. The van der Waals surface area contributed by atoms with Gasteiger partial charge >= 0.3 is 0 Å². The maximum absolute atomic E-state index is 7.19. The van der Waals surface area contributed by atoms with Crippen LogP contribution in [0.2, 0.25) is 0 Å². The smallest absolute Gasteiger partial charge is 0.152 e. The Morgan fingerprint density at radius 1 is 0.968 bits per heavy atom. The summed E-state index contributed by atoms with van der Waals surface area (Å²) in [5.74, 6) is 2.89. The summed E-state index contributed by atoms with van der Waals surface area (Å²) in [6.07, 6.45) is 17.0. The van der Waals surface area contributed by atoms with Crippen LogP contribution in [0, 0.1) is 5.92 Å². The highest BCUT2D eigenvalue weighted by Gasteiger charge is 2.44. The fraction of sp³-hybridized carbons (Fsp3) is 0.846. The Hall–Kier alpha value is -1.20. The molecule has 0 radical (unpaired) electrons. The van der Waals surface area contributed by atoms with E-state index in [4.69, 9.17) is 15.7 Å². The van der Waals surface area contributed by atoms with Gasteiger partial charge in [0, 0.05) is 30.4 Å². The zero-order valence-corrected chi connectivity index (χ0v) is 20.1. The number of rotatable bonds is 7. The molecule has 4 rings (SSSR count). The molecular weight excluding hydrogens is 382 g/mol. The van der Waals surface area contributed by atoms with E-state index < -0.39 is 5.54 Å². The molecule has 1 aliphatic heterocycles. The molecule has 1 aromatic heterocycles. The third-order valence-electron chi connectivity index (χ3n) is 8.25. The Balaban J connectivity index is 1.66. The maximum atomic E-state index is 7.19. The summed E-state index contributed by atoms with van der Waals surface area (Å²) in [6, 6.07) is 0.286. The van der Waals surface area contributed by atoms with Crippen molar-refractivity contribution in [2.45, 2.75) is 115 Å². The number of hydrogen-bond acceptors (Lipinski definition) is 5. The van der Waals surface area contributed by atoms with E-state index in [0.717, 1.165) is 63.5 Å². The third kappa shape index (κ3) is 5.08. The molecule has 2 atom stereocenters. The Labute approximate surface area is 190 Å². The van der Waals surface area contributed by atoms with Crippen LogP contribution in [0.4, 0.5) is 5.82 Å². The van der Waals surface area contributed by atoms with Crippen molar-refractivity contribution >= 4 is 5.82 Å². The predicted octanol–water partition coefficient (Wildman–Crippen LogP) is 4.86. The average molecular weight is 428 g/mol. The molecule has 5 heteroatoms. The van der Waals surface area contributed by atoms with Crippen molar-refractivity contribution in [1.29, 1.82) is 0 Å². The summed E-state index contributed by atoms with van der Waals surface area (Å²) in [5.41, 5.74) is 9.49. The Bertz CT molecular complexity index is 708. The molecule has 0 spiro atoms. The van der Waals surface area contributed by atoms with Crippen LogP contribution < -0.4 is 16.0 Å². The van der Waals surface area contributed by atoms with E-state index in [-0.39, 0.29) is 6.04 Å². The van der Waals surface area contributed by atoms with Gasteiger partial charge in [0.05, 0.1) is 5.54 Å². The Morgan fingerprint density at radius 3 is 2.42 bits per heavy atom. The summed E-state index contributed by atoms with van der Waals surface area (Å²) in [5, 5.41) is 3.86. The molecule has 0 amide bonds. The van der Waals surface area contributed by atoms with Crippen LogP contribution in [-0.2, 0) is 18.4 Å². The van der Waals surface area contributed by atoms with E-state index in [1.165, 1.54) is 74.9 Å². The minimum absolute atomic E-state index is 0.286. The lowest BCUT2D eigenvalue weighted by Gasteiger charge is -2.34. The number of aromatic nitrogens is 2. The van der Waals surface area contributed by atoms with E-state index >= 15 is 0 Å². The molecule has 2 heterocycles. The summed E-state index contributed by atoms with van der Waals surface area (Å²) in [4.78, 5) is 13.1. The second kappa shape index (κ2) is 10.6. The van der Waals surface area contributed by atoms with Crippen LogP contribution in [0.15, 0.2) is 0 Å². The second-order valence-electron chi connectivity index (χ2n) is 10.3. The van der Waals surface area contributed by atoms with Gasteiger partial charge in [-0.05, 0) is 70.3 Å². The highest BCUT2D eigenvalue weighted by atomic mass is 15.2. The van der Waals surface area contributed by atoms with Crippen LogP contribution in [0.5, 0.6) is 0 Å². The molecule has 1 aromatic rings. The predicted molar refractivity (Wildman–Crippen MR) is 130 cm³/mol. The number of nitrogens with one attached hydrogen (secondary N) is 1. The molecule has 2 unspecified atom stereocenters. The van der Waals surface area contributed by atoms with E-state index in [1.807, 2.05) is 0 Å². The molecule has 3 N–H and O–H groups in total. The minimum Gasteiger partial charge on any atom is -0.356 e. The van der Waals surface area contributed by atoms with Gasteiger partial charge in [0.25, 0.3) is 0 Å². The second-order valence-corrected chi connectivity index (χ2v) is 10.3. The fourth-order valence-electron chi connectivity index (χ4n) is 5.97. The quantitative estimate of drug-likeness (QED) is 0.608. The van der Waals surface area contributed by atoms with Crippen molar-refractivity contribution < 1.29 is 0 Å². The summed E-state index contributed by atoms with van der Waals surface area (Å²) in [7, 11) is 0. The molecule has 31 heavy (non-hydrogen) atoms. The van der Waals surface area contributed by atoms with Crippen LogP contribution >= 0.6 is 0 Å². The number of hydrogen-bond donors (Lipinski definition) is 2. The molecule has 1 saturated heterocycles. The molecule has 2 aliphatic carbocycles. The van der Waals surface area contributed by atoms with Gasteiger partial charge in [0.2, 0.25) is 0 Å². The van der Waals surface area contributed by atoms with Gasteiger partial charge in [0.15, 0.2) is 5.82 Å². The molecule has 0 aromatic carbocycles. The zero-order chi connectivity index (χ0) is 21.7. The average Bonchev–Trinajstić information content (AvgIpc) is 3.00. The van der Waals surface area contributed by atoms with Gasteiger partial charge < -0.3 is 16.0 Å². The van der Waals surface area contributed by atoms with Crippen molar-refractivity contribution in [1.82, 2.24) is 15.3 Å². The SMILES string of the molecule is CCC(CC)CNC1CCCC1(N)c1nc2c(c(N3CCCCCC3)n1)CCCCC2. The topological polar surface area (TPSA) is 67.1 Å². The van der Waals surface area contributed by atoms with Gasteiger partial charge in [-0.3, -0.25) is 0 Å². The van der Waals surface area contributed by atoms with E-state index in [9.17, 15) is 0 Å². The van der Waals surface area contributed by atoms with Gasteiger partial charge in [-0.1, -0.05) is 46.0 Å². The van der Waals surface area contributed by atoms with Gasteiger partial charge in [-0.25, -0.2) is 9.97 Å². The first kappa shape index (κ1) is 23.0. The molecule has 174 valence electrons. The van der Waals surface area contributed by atoms with Crippen LogP contribution in [-0.4, -0.2) is 35.6 Å². The Morgan fingerprint density at radius 2 is 1.68 bits per heavy atom. The highest BCUT2D eigenvalue weighted by Crippen LogP contribution is 2.38. The lowest BCUT2D eigenvalue weighted by Crippen LogP contribution is -2.53. The minimum atomic E-state index is -0.437. The summed E-state index contributed by atoms with van der Waals surface area (Å²) in [6.45, 7) is 7.92. The normalized spacial score (nSPS) is 27.2. The molecule has 5 nitrogen and oxygen atoms in total. The number of fused-ring (bicyclic) bond motifs is 1. The van der Waals surface area contributed by atoms with Crippen LogP contribution in [0.1, 0.15) is 108 Å². The van der Waals surface area contributed by atoms with Crippen molar-refractivity contribution in [3.05, 3.63) is 17.1 Å². The number of nitrogens with zero attached hydrogens (tertiary/aromatic N) is 3.